The van der Waals surface area contributed by atoms with Crippen LogP contribution in [0.15, 0.2) is 255 Å². The minimum absolute atomic E-state index is 0.290. The molecule has 0 unspecified atom stereocenters. The molecular weight excluding hydrogens is 833 g/mol. The van der Waals surface area contributed by atoms with Gasteiger partial charge in [0.2, 0.25) is 0 Å². The first-order valence-corrected chi connectivity index (χ1v) is 24.0. The maximum absolute atomic E-state index is 2.45. The third-order valence-corrected chi connectivity index (χ3v) is 14.6. The average Bonchev–Trinajstić information content (AvgIpc) is 3.65. The van der Waals surface area contributed by atoms with E-state index < -0.39 is 0 Å². The normalized spacial score (nSPS) is 12.6. The van der Waals surface area contributed by atoms with Gasteiger partial charge in [0.1, 0.15) is 0 Å². The van der Waals surface area contributed by atoms with Crippen molar-refractivity contribution in [2.24, 2.45) is 0 Å². The van der Waals surface area contributed by atoms with Crippen LogP contribution in [0.4, 0.5) is 34.1 Å². The van der Waals surface area contributed by atoms with Crippen molar-refractivity contribution in [3.8, 4) is 33.4 Å². The molecule has 0 saturated heterocycles. The molecule has 0 atom stereocenters. The first kappa shape index (κ1) is 40.5. The van der Waals surface area contributed by atoms with E-state index in [0.717, 1.165) is 34.1 Å². The number of benzene rings is 12. The number of hydrogen-bond donors (Lipinski definition) is 0. The Bertz CT molecular complexity index is 3900. The fourth-order valence-electron chi connectivity index (χ4n) is 11.4. The highest BCUT2D eigenvalue weighted by Gasteiger charge is 2.39. The van der Waals surface area contributed by atoms with Crippen LogP contribution in [0.5, 0.6) is 0 Å². The molecule has 0 N–H and O–H groups in total. The van der Waals surface area contributed by atoms with Gasteiger partial charge in [-0.25, -0.2) is 0 Å². The zero-order chi connectivity index (χ0) is 46.1. The quantitative estimate of drug-likeness (QED) is 0.140. The third-order valence-electron chi connectivity index (χ3n) is 14.6. The SMILES string of the molecule is CC1(C)c2cc(N(c3ccccc3)c3ccc(-c4cccc5ccccc45)cc3)ccc2-c2c1c1ccc(N(c3ccccc3)c3ccc(-c4cccc5ccccc45)cc3)cc1c1ccccc21. The van der Waals surface area contributed by atoms with Gasteiger partial charge in [0.05, 0.1) is 0 Å². The van der Waals surface area contributed by atoms with Crippen LogP contribution in [0.3, 0.4) is 0 Å². The van der Waals surface area contributed by atoms with Crippen molar-refractivity contribution in [3.63, 3.8) is 0 Å². The summed E-state index contributed by atoms with van der Waals surface area (Å²) < 4.78 is 0. The van der Waals surface area contributed by atoms with Crippen molar-refractivity contribution < 1.29 is 0 Å². The van der Waals surface area contributed by atoms with Gasteiger partial charge in [0, 0.05) is 39.5 Å². The lowest BCUT2D eigenvalue weighted by Gasteiger charge is -2.29. The standard InChI is InChI=1S/C67H48N2/c1-67(2)64-44-54(69(50-23-7-4-8-24-50)52-37-33-48(34-38-52)58-30-16-20-46-18-10-12-26-56(46)58)40-42-62(64)65-60-28-14-13-27-59(60)63-43-53(39-41-61(63)66(65)67)68(49-21-5-3-6-22-49)51-35-31-47(32-36-51)57-29-15-19-45-17-9-11-25-55(45)57/h3-44H,1-2H3. The van der Waals surface area contributed by atoms with Crippen LogP contribution in [0.1, 0.15) is 25.0 Å². The molecule has 0 bridgehead atoms. The molecule has 0 fully saturated rings. The molecule has 0 aliphatic heterocycles. The van der Waals surface area contributed by atoms with Crippen LogP contribution in [-0.4, -0.2) is 0 Å². The zero-order valence-corrected chi connectivity index (χ0v) is 38.6. The summed E-state index contributed by atoms with van der Waals surface area (Å²) in [6, 6.07) is 93.5. The summed E-state index contributed by atoms with van der Waals surface area (Å²) in [7, 11) is 0. The Labute approximate surface area is 403 Å². The smallest absolute Gasteiger partial charge is 0.0468 e. The van der Waals surface area contributed by atoms with Gasteiger partial charge in [0.25, 0.3) is 0 Å². The monoisotopic (exact) mass is 880 g/mol. The lowest BCUT2D eigenvalue weighted by atomic mass is 9.79. The summed E-state index contributed by atoms with van der Waals surface area (Å²) in [5.41, 5.74) is 16.7. The zero-order valence-electron chi connectivity index (χ0n) is 38.6. The molecule has 13 rings (SSSR count). The summed E-state index contributed by atoms with van der Waals surface area (Å²) in [5.74, 6) is 0. The number of nitrogens with zero attached hydrogens (tertiary/aromatic N) is 2. The van der Waals surface area contributed by atoms with Gasteiger partial charge in [-0.2, -0.15) is 0 Å². The summed E-state index contributed by atoms with van der Waals surface area (Å²) in [6.07, 6.45) is 0. The summed E-state index contributed by atoms with van der Waals surface area (Å²) in [5, 5.41) is 10.1. The lowest BCUT2D eigenvalue weighted by Crippen LogP contribution is -2.17. The number of anilines is 6. The highest BCUT2D eigenvalue weighted by atomic mass is 15.1. The van der Waals surface area contributed by atoms with E-state index >= 15 is 0 Å². The van der Waals surface area contributed by atoms with Crippen molar-refractivity contribution in [1.29, 1.82) is 0 Å². The molecule has 1 aliphatic carbocycles. The largest absolute Gasteiger partial charge is 0.310 e. The van der Waals surface area contributed by atoms with Gasteiger partial charge < -0.3 is 9.80 Å². The van der Waals surface area contributed by atoms with Crippen molar-refractivity contribution in [3.05, 3.63) is 266 Å². The van der Waals surface area contributed by atoms with Gasteiger partial charge in [-0.05, 0) is 160 Å². The Morgan fingerprint density at radius 1 is 0.275 bits per heavy atom. The molecule has 0 radical (unpaired) electrons. The second-order valence-corrected chi connectivity index (χ2v) is 18.9. The summed E-state index contributed by atoms with van der Waals surface area (Å²) in [4.78, 5) is 4.80. The molecule has 0 aromatic heterocycles. The first-order chi connectivity index (χ1) is 34.0. The molecule has 12 aromatic carbocycles. The van der Waals surface area contributed by atoms with E-state index in [1.807, 2.05) is 0 Å². The van der Waals surface area contributed by atoms with Crippen molar-refractivity contribution in [2.75, 3.05) is 9.80 Å². The predicted molar refractivity (Wildman–Crippen MR) is 294 cm³/mol. The maximum atomic E-state index is 2.45. The highest BCUT2D eigenvalue weighted by Crippen LogP contribution is 2.56. The molecular formula is C67H48N2. The molecule has 0 saturated carbocycles. The van der Waals surface area contributed by atoms with E-state index in [2.05, 4.69) is 278 Å². The maximum Gasteiger partial charge on any atom is 0.0468 e. The fraction of sp³-hybridized carbons (Fsp3) is 0.0448. The molecule has 326 valence electrons. The summed E-state index contributed by atoms with van der Waals surface area (Å²) >= 11 is 0. The predicted octanol–water partition coefficient (Wildman–Crippen LogP) is 18.9. The van der Waals surface area contributed by atoms with Gasteiger partial charge in [0.15, 0.2) is 0 Å². The Kier molecular flexibility index (Phi) is 9.55. The van der Waals surface area contributed by atoms with Crippen LogP contribution in [0.25, 0.3) is 76.5 Å². The Hall–Kier alpha value is -8.72. The number of rotatable bonds is 8. The van der Waals surface area contributed by atoms with E-state index in [-0.39, 0.29) is 5.41 Å². The average molecular weight is 881 g/mol. The highest BCUT2D eigenvalue weighted by molar-refractivity contribution is 6.19. The Morgan fingerprint density at radius 3 is 1.25 bits per heavy atom. The van der Waals surface area contributed by atoms with Gasteiger partial charge >= 0.3 is 0 Å². The minimum Gasteiger partial charge on any atom is -0.310 e. The molecule has 2 heteroatoms. The molecule has 12 aromatic rings. The summed E-state index contributed by atoms with van der Waals surface area (Å²) in [6.45, 7) is 4.84. The van der Waals surface area contributed by atoms with E-state index in [9.17, 15) is 0 Å². The van der Waals surface area contributed by atoms with E-state index in [1.165, 1.54) is 87.6 Å². The van der Waals surface area contributed by atoms with Crippen LogP contribution in [0, 0.1) is 0 Å². The number of hydrogen-bond acceptors (Lipinski definition) is 2. The van der Waals surface area contributed by atoms with Gasteiger partial charge in [-0.1, -0.05) is 196 Å². The van der Waals surface area contributed by atoms with Crippen molar-refractivity contribution >= 4 is 77.2 Å². The van der Waals surface area contributed by atoms with E-state index in [1.54, 1.807) is 0 Å². The molecule has 2 nitrogen and oxygen atoms in total. The second-order valence-electron chi connectivity index (χ2n) is 18.9. The lowest BCUT2D eigenvalue weighted by molar-refractivity contribution is 0.666. The molecule has 69 heavy (non-hydrogen) atoms. The molecule has 0 amide bonds. The minimum atomic E-state index is -0.290. The van der Waals surface area contributed by atoms with Crippen molar-refractivity contribution in [2.45, 2.75) is 19.3 Å². The fourth-order valence-corrected chi connectivity index (χ4v) is 11.4. The first-order valence-electron chi connectivity index (χ1n) is 24.0. The Balaban J connectivity index is 0.922. The number of fused-ring (bicyclic) bond motifs is 10. The Morgan fingerprint density at radius 2 is 0.696 bits per heavy atom. The van der Waals surface area contributed by atoms with Crippen LogP contribution >= 0.6 is 0 Å². The van der Waals surface area contributed by atoms with Gasteiger partial charge in [-0.15, -0.1) is 0 Å². The van der Waals surface area contributed by atoms with Crippen LogP contribution < -0.4 is 9.80 Å². The molecule has 1 aliphatic rings. The van der Waals surface area contributed by atoms with E-state index in [4.69, 9.17) is 0 Å². The topological polar surface area (TPSA) is 6.48 Å². The van der Waals surface area contributed by atoms with Crippen molar-refractivity contribution in [1.82, 2.24) is 0 Å². The van der Waals surface area contributed by atoms with Gasteiger partial charge in [-0.3, -0.25) is 0 Å². The second kappa shape index (κ2) is 16.3. The van der Waals surface area contributed by atoms with Crippen LogP contribution in [-0.2, 0) is 5.41 Å². The third kappa shape index (κ3) is 6.71. The van der Waals surface area contributed by atoms with E-state index in [0.29, 0.717) is 0 Å². The molecule has 0 spiro atoms. The number of para-hydroxylation sites is 2. The van der Waals surface area contributed by atoms with Crippen LogP contribution in [0.2, 0.25) is 0 Å². The molecule has 0 heterocycles.